The lowest BCUT2D eigenvalue weighted by molar-refractivity contribution is 0.0841. The predicted octanol–water partition coefficient (Wildman–Crippen LogP) is 1.16. The summed E-state index contributed by atoms with van der Waals surface area (Å²) in [5, 5.41) is 4.55. The fraction of sp³-hybridized carbons (Fsp3) is 0.0714. The maximum absolute atomic E-state index is 12.0. The third-order valence-corrected chi connectivity index (χ3v) is 3.28. The number of carbonyl (C=O) groups excluding carboxylic acids is 2. The van der Waals surface area contributed by atoms with Crippen molar-refractivity contribution in [2.24, 2.45) is 0 Å². The molecule has 116 valence electrons. The molecule has 2 heterocycles. The van der Waals surface area contributed by atoms with Crippen LogP contribution in [0, 0.1) is 6.92 Å². The van der Waals surface area contributed by atoms with Crippen LogP contribution in [0.4, 0.5) is 0 Å². The quantitative estimate of drug-likeness (QED) is 0.687. The number of fused-ring (bicyclic) bond motifs is 1. The van der Waals surface area contributed by atoms with Gasteiger partial charge in [-0.2, -0.15) is 4.98 Å². The molecule has 3 rings (SSSR count). The highest BCUT2D eigenvalue weighted by Gasteiger charge is 2.15. The molecule has 1 aromatic carbocycles. The molecule has 0 saturated carbocycles. The molecule has 0 atom stereocenters. The van der Waals surface area contributed by atoms with E-state index in [-0.39, 0.29) is 5.82 Å². The molecule has 0 spiro atoms. The molecule has 23 heavy (non-hydrogen) atoms. The number of nitrogens with zero attached hydrogens (tertiary/aromatic N) is 4. The van der Waals surface area contributed by atoms with Crippen LogP contribution in [-0.2, 0) is 0 Å². The van der Waals surface area contributed by atoms with E-state index in [0.29, 0.717) is 16.4 Å². The molecule has 0 aliphatic heterocycles. The number of amides is 2. The summed E-state index contributed by atoms with van der Waals surface area (Å²) in [6, 6.07) is 7.99. The molecule has 0 aliphatic carbocycles. The summed E-state index contributed by atoms with van der Waals surface area (Å²) in [7, 11) is 0. The summed E-state index contributed by atoms with van der Waals surface area (Å²) in [6.45, 7) is 1.81. The lowest BCUT2D eigenvalue weighted by Gasteiger charge is -2.05. The average molecular weight is 331 g/mol. The van der Waals surface area contributed by atoms with Crippen molar-refractivity contribution in [2.75, 3.05) is 0 Å². The highest BCUT2D eigenvalue weighted by molar-refractivity contribution is 6.30. The molecular weight excluding hydrogens is 320 g/mol. The molecule has 0 unspecified atom stereocenters. The first-order valence-corrected chi connectivity index (χ1v) is 6.97. The number of aromatic nitrogens is 4. The minimum atomic E-state index is -0.641. The smallest absolute Gasteiger partial charge is 0.267 e. The van der Waals surface area contributed by atoms with Crippen LogP contribution in [0.5, 0.6) is 0 Å². The molecule has 0 aliphatic rings. The number of hydrazine groups is 1. The van der Waals surface area contributed by atoms with Gasteiger partial charge in [-0.3, -0.25) is 20.4 Å². The monoisotopic (exact) mass is 330 g/mol. The highest BCUT2D eigenvalue weighted by Crippen LogP contribution is 2.09. The summed E-state index contributed by atoms with van der Waals surface area (Å²) < 4.78 is 1.44. The van der Waals surface area contributed by atoms with Crippen molar-refractivity contribution in [3.05, 3.63) is 58.6 Å². The number of halogens is 1. The Morgan fingerprint density at radius 2 is 1.78 bits per heavy atom. The van der Waals surface area contributed by atoms with Crippen molar-refractivity contribution in [3.63, 3.8) is 0 Å². The fourth-order valence-corrected chi connectivity index (χ4v) is 1.97. The van der Waals surface area contributed by atoms with Crippen molar-refractivity contribution in [1.82, 2.24) is 30.4 Å². The Morgan fingerprint density at radius 1 is 1.09 bits per heavy atom. The zero-order chi connectivity index (χ0) is 16.4. The predicted molar refractivity (Wildman–Crippen MR) is 81.9 cm³/mol. The van der Waals surface area contributed by atoms with Gasteiger partial charge >= 0.3 is 5.91 Å². The Bertz CT molecular complexity index is 890. The van der Waals surface area contributed by atoms with Crippen LogP contribution in [0.25, 0.3) is 5.78 Å². The maximum Gasteiger partial charge on any atom is 0.309 e. The first-order chi connectivity index (χ1) is 11.0. The van der Waals surface area contributed by atoms with E-state index in [1.807, 2.05) is 6.92 Å². The van der Waals surface area contributed by atoms with Gasteiger partial charge in [-0.15, -0.1) is 5.10 Å². The van der Waals surface area contributed by atoms with Crippen molar-refractivity contribution in [3.8, 4) is 0 Å². The molecule has 0 saturated heterocycles. The molecule has 8 nitrogen and oxygen atoms in total. The number of rotatable bonds is 2. The van der Waals surface area contributed by atoms with Gasteiger partial charge in [0.1, 0.15) is 0 Å². The lowest BCUT2D eigenvalue weighted by Crippen LogP contribution is -2.42. The number of benzene rings is 1. The molecule has 9 heteroatoms. The second-order valence-corrected chi connectivity index (χ2v) is 5.09. The summed E-state index contributed by atoms with van der Waals surface area (Å²) >= 11 is 5.75. The molecule has 0 bridgehead atoms. The fourth-order valence-electron chi connectivity index (χ4n) is 1.85. The van der Waals surface area contributed by atoms with E-state index >= 15 is 0 Å². The topological polar surface area (TPSA) is 101 Å². The second-order valence-electron chi connectivity index (χ2n) is 4.65. The van der Waals surface area contributed by atoms with Gasteiger partial charge in [0.15, 0.2) is 0 Å². The molecule has 2 N–H and O–H groups in total. The van der Waals surface area contributed by atoms with Crippen LogP contribution in [0.1, 0.15) is 26.7 Å². The minimum Gasteiger partial charge on any atom is -0.267 e. The van der Waals surface area contributed by atoms with Gasteiger partial charge in [0, 0.05) is 22.5 Å². The Kier molecular flexibility index (Phi) is 3.90. The Labute approximate surface area is 135 Å². The summed E-state index contributed by atoms with van der Waals surface area (Å²) in [6.07, 6.45) is 1.57. The summed E-state index contributed by atoms with van der Waals surface area (Å²) in [5.41, 5.74) is 5.68. The van der Waals surface area contributed by atoms with Crippen molar-refractivity contribution >= 4 is 29.2 Å². The molecule has 3 aromatic rings. The maximum atomic E-state index is 12.0. The Balaban J connectivity index is 1.69. The van der Waals surface area contributed by atoms with E-state index in [0.717, 1.165) is 5.69 Å². The average Bonchev–Trinajstić information content (AvgIpc) is 2.99. The van der Waals surface area contributed by atoms with Crippen LogP contribution >= 0.6 is 11.6 Å². The van der Waals surface area contributed by atoms with Crippen molar-refractivity contribution < 1.29 is 9.59 Å². The van der Waals surface area contributed by atoms with Gasteiger partial charge in [0.2, 0.25) is 5.82 Å². The van der Waals surface area contributed by atoms with Gasteiger partial charge in [-0.1, -0.05) is 11.6 Å². The Morgan fingerprint density at radius 3 is 2.48 bits per heavy atom. The zero-order valence-electron chi connectivity index (χ0n) is 11.9. The lowest BCUT2D eigenvalue weighted by atomic mass is 10.2. The van der Waals surface area contributed by atoms with E-state index in [1.54, 1.807) is 36.5 Å². The third kappa shape index (κ3) is 3.11. The van der Waals surface area contributed by atoms with Crippen molar-refractivity contribution in [1.29, 1.82) is 0 Å². The van der Waals surface area contributed by atoms with Gasteiger partial charge in [0.25, 0.3) is 11.7 Å². The summed E-state index contributed by atoms with van der Waals surface area (Å²) in [5.74, 6) is -0.910. The number of hydrogen-bond acceptors (Lipinski definition) is 5. The van der Waals surface area contributed by atoms with Crippen LogP contribution < -0.4 is 10.9 Å². The highest BCUT2D eigenvalue weighted by atomic mass is 35.5. The molecule has 0 fully saturated rings. The van der Waals surface area contributed by atoms with E-state index < -0.39 is 11.8 Å². The van der Waals surface area contributed by atoms with Gasteiger partial charge in [0.05, 0.1) is 0 Å². The minimum absolute atomic E-state index is 0.0943. The van der Waals surface area contributed by atoms with E-state index in [2.05, 4.69) is 25.9 Å². The van der Waals surface area contributed by atoms with Crippen molar-refractivity contribution in [2.45, 2.75) is 6.92 Å². The molecule has 0 radical (unpaired) electrons. The van der Waals surface area contributed by atoms with Crippen LogP contribution in [0.15, 0.2) is 36.5 Å². The standard InChI is InChI=1S/C14H11ClN6O2/c1-8-6-7-16-14-17-11(20-21(8)14)13(23)19-18-12(22)9-2-4-10(15)5-3-9/h2-7H,1H3,(H,18,22)(H,19,23). The normalized spacial score (nSPS) is 10.5. The van der Waals surface area contributed by atoms with Crippen LogP contribution in [0.3, 0.4) is 0 Å². The van der Waals surface area contributed by atoms with E-state index in [1.165, 1.54) is 4.52 Å². The number of aryl methyl sites for hydroxylation is 1. The molecular formula is C14H11ClN6O2. The SMILES string of the molecule is Cc1ccnc2nc(C(=O)NNC(=O)c3ccc(Cl)cc3)nn12. The summed E-state index contributed by atoms with van der Waals surface area (Å²) in [4.78, 5) is 31.9. The van der Waals surface area contributed by atoms with Crippen LogP contribution in [-0.4, -0.2) is 31.4 Å². The van der Waals surface area contributed by atoms with Gasteiger partial charge in [-0.25, -0.2) is 9.50 Å². The number of hydrogen-bond donors (Lipinski definition) is 2. The molecule has 2 amide bonds. The first kappa shape index (κ1) is 14.9. The van der Waals surface area contributed by atoms with Crippen LogP contribution in [0.2, 0.25) is 5.02 Å². The third-order valence-electron chi connectivity index (χ3n) is 3.03. The largest absolute Gasteiger partial charge is 0.309 e. The first-order valence-electron chi connectivity index (χ1n) is 6.59. The number of nitrogens with one attached hydrogen (secondary N) is 2. The van der Waals surface area contributed by atoms with Gasteiger partial charge < -0.3 is 0 Å². The van der Waals surface area contributed by atoms with Gasteiger partial charge in [-0.05, 0) is 37.3 Å². The second kappa shape index (κ2) is 6.01. The zero-order valence-corrected chi connectivity index (χ0v) is 12.7. The van der Waals surface area contributed by atoms with E-state index in [4.69, 9.17) is 11.6 Å². The molecule has 2 aromatic heterocycles. The number of carbonyl (C=O) groups is 2. The Hall–Kier alpha value is -3.00. The van der Waals surface area contributed by atoms with E-state index in [9.17, 15) is 9.59 Å².